The third kappa shape index (κ3) is 5.53. The van der Waals surface area contributed by atoms with Crippen molar-refractivity contribution in [3.8, 4) is 5.75 Å². The SMILES string of the molecule is CCCN(CC(=O)O)CC(=O)N(Cc1ccc(OC)cc1)C1CC1. The van der Waals surface area contributed by atoms with Crippen molar-refractivity contribution < 1.29 is 19.4 Å². The zero-order valence-corrected chi connectivity index (χ0v) is 14.4. The Hall–Kier alpha value is -2.08. The van der Waals surface area contributed by atoms with E-state index in [1.165, 1.54) is 0 Å². The van der Waals surface area contributed by atoms with Crippen LogP contribution in [0.3, 0.4) is 0 Å². The van der Waals surface area contributed by atoms with Gasteiger partial charge >= 0.3 is 5.97 Å². The number of ether oxygens (including phenoxy) is 1. The van der Waals surface area contributed by atoms with Crippen LogP contribution in [-0.2, 0) is 16.1 Å². The third-order valence-corrected chi connectivity index (χ3v) is 4.08. The van der Waals surface area contributed by atoms with Gasteiger partial charge in [0.25, 0.3) is 0 Å². The molecule has 1 N–H and O–H groups in total. The molecule has 6 heteroatoms. The Balaban J connectivity index is 2.00. The van der Waals surface area contributed by atoms with Gasteiger partial charge in [-0.3, -0.25) is 14.5 Å². The molecule has 0 heterocycles. The fourth-order valence-electron chi connectivity index (χ4n) is 2.74. The van der Waals surface area contributed by atoms with Gasteiger partial charge in [0.15, 0.2) is 0 Å². The molecule has 24 heavy (non-hydrogen) atoms. The minimum Gasteiger partial charge on any atom is -0.497 e. The maximum atomic E-state index is 12.7. The van der Waals surface area contributed by atoms with E-state index in [2.05, 4.69) is 0 Å². The highest BCUT2D eigenvalue weighted by Crippen LogP contribution is 2.29. The lowest BCUT2D eigenvalue weighted by molar-refractivity contribution is -0.140. The standard InChI is InChI=1S/C18H26N2O4/c1-3-10-19(13-18(22)23)12-17(21)20(15-6-7-15)11-14-4-8-16(24-2)9-5-14/h4-5,8-9,15H,3,6-7,10-13H2,1-2H3,(H,22,23). The second-order valence-corrected chi connectivity index (χ2v) is 6.21. The molecule has 0 radical (unpaired) electrons. The first-order valence-electron chi connectivity index (χ1n) is 8.40. The molecule has 0 aromatic heterocycles. The Kier molecular flexibility index (Phi) is 6.61. The summed E-state index contributed by atoms with van der Waals surface area (Å²) in [5.74, 6) is -0.106. The second-order valence-electron chi connectivity index (χ2n) is 6.21. The van der Waals surface area contributed by atoms with Crippen molar-refractivity contribution in [1.29, 1.82) is 0 Å². The summed E-state index contributed by atoms with van der Waals surface area (Å²) < 4.78 is 5.16. The number of carboxylic acid groups (broad SMARTS) is 1. The van der Waals surface area contributed by atoms with E-state index in [-0.39, 0.29) is 25.0 Å². The van der Waals surface area contributed by atoms with Gasteiger partial charge in [-0.1, -0.05) is 19.1 Å². The van der Waals surface area contributed by atoms with E-state index >= 15 is 0 Å². The normalized spacial score (nSPS) is 13.8. The van der Waals surface area contributed by atoms with Crippen LogP contribution in [0, 0.1) is 0 Å². The van der Waals surface area contributed by atoms with Crippen LogP contribution in [0.5, 0.6) is 5.75 Å². The van der Waals surface area contributed by atoms with E-state index in [4.69, 9.17) is 9.84 Å². The van der Waals surface area contributed by atoms with Gasteiger partial charge < -0.3 is 14.7 Å². The van der Waals surface area contributed by atoms with Crippen molar-refractivity contribution in [3.63, 3.8) is 0 Å². The molecule has 2 rings (SSSR count). The lowest BCUT2D eigenvalue weighted by Gasteiger charge is -2.26. The maximum Gasteiger partial charge on any atom is 0.317 e. The number of nitrogens with zero attached hydrogens (tertiary/aromatic N) is 2. The Bertz CT molecular complexity index is 555. The summed E-state index contributed by atoms with van der Waals surface area (Å²) in [7, 11) is 1.62. The highest BCUT2D eigenvalue weighted by Gasteiger charge is 2.33. The fourth-order valence-corrected chi connectivity index (χ4v) is 2.74. The number of amides is 1. The number of hydrogen-bond acceptors (Lipinski definition) is 4. The van der Waals surface area contributed by atoms with Crippen LogP contribution in [0.15, 0.2) is 24.3 Å². The van der Waals surface area contributed by atoms with Crippen molar-refractivity contribution in [2.75, 3.05) is 26.7 Å². The topological polar surface area (TPSA) is 70.1 Å². The number of carbonyl (C=O) groups excluding carboxylic acids is 1. The molecule has 0 saturated heterocycles. The molecule has 1 saturated carbocycles. The molecule has 0 aliphatic heterocycles. The Morgan fingerprint density at radius 2 is 1.88 bits per heavy atom. The molecular weight excluding hydrogens is 308 g/mol. The van der Waals surface area contributed by atoms with Crippen molar-refractivity contribution in [1.82, 2.24) is 9.80 Å². The van der Waals surface area contributed by atoms with Crippen LogP contribution in [-0.4, -0.2) is 59.6 Å². The van der Waals surface area contributed by atoms with E-state index < -0.39 is 5.97 Å². The number of hydrogen-bond donors (Lipinski definition) is 1. The summed E-state index contributed by atoms with van der Waals surface area (Å²) in [5, 5.41) is 8.99. The average Bonchev–Trinajstić information content (AvgIpc) is 3.37. The molecule has 0 atom stereocenters. The lowest BCUT2D eigenvalue weighted by Crippen LogP contribution is -2.43. The number of carboxylic acids is 1. The zero-order valence-electron chi connectivity index (χ0n) is 14.4. The summed E-state index contributed by atoms with van der Waals surface area (Å²) >= 11 is 0. The molecular formula is C18H26N2O4. The van der Waals surface area contributed by atoms with E-state index in [9.17, 15) is 9.59 Å². The summed E-state index contributed by atoms with van der Waals surface area (Å²) in [6.07, 6.45) is 2.87. The molecule has 132 valence electrons. The van der Waals surface area contributed by atoms with E-state index in [1.54, 1.807) is 12.0 Å². The fraction of sp³-hybridized carbons (Fsp3) is 0.556. The first-order chi connectivity index (χ1) is 11.5. The molecule has 1 fully saturated rings. The smallest absolute Gasteiger partial charge is 0.317 e. The lowest BCUT2D eigenvalue weighted by atomic mass is 10.2. The number of carbonyl (C=O) groups is 2. The predicted molar refractivity (Wildman–Crippen MR) is 90.9 cm³/mol. The minimum atomic E-state index is -0.899. The van der Waals surface area contributed by atoms with Gasteiger partial charge in [0, 0.05) is 12.6 Å². The summed E-state index contributed by atoms with van der Waals surface area (Å²) in [4.78, 5) is 27.2. The van der Waals surface area contributed by atoms with Gasteiger partial charge in [-0.15, -0.1) is 0 Å². The Morgan fingerprint density at radius 3 is 2.38 bits per heavy atom. The zero-order chi connectivity index (χ0) is 17.5. The summed E-state index contributed by atoms with van der Waals surface area (Å²) in [5.41, 5.74) is 1.05. The summed E-state index contributed by atoms with van der Waals surface area (Å²) in [6, 6.07) is 7.98. The molecule has 1 aromatic rings. The van der Waals surface area contributed by atoms with E-state index in [0.29, 0.717) is 13.1 Å². The van der Waals surface area contributed by atoms with Crippen molar-refractivity contribution in [2.45, 2.75) is 38.8 Å². The van der Waals surface area contributed by atoms with Gasteiger partial charge in [0.1, 0.15) is 5.75 Å². The van der Waals surface area contributed by atoms with E-state index in [1.807, 2.05) is 36.1 Å². The van der Waals surface area contributed by atoms with Crippen molar-refractivity contribution in [2.24, 2.45) is 0 Å². The molecule has 6 nitrogen and oxygen atoms in total. The number of methoxy groups -OCH3 is 1. The van der Waals surface area contributed by atoms with Crippen molar-refractivity contribution in [3.05, 3.63) is 29.8 Å². The molecule has 1 aliphatic carbocycles. The quantitative estimate of drug-likeness (QED) is 0.708. The first-order valence-corrected chi connectivity index (χ1v) is 8.40. The van der Waals surface area contributed by atoms with Crippen LogP contribution >= 0.6 is 0 Å². The Labute approximate surface area is 143 Å². The van der Waals surface area contributed by atoms with Crippen LogP contribution in [0.4, 0.5) is 0 Å². The highest BCUT2D eigenvalue weighted by molar-refractivity contribution is 5.80. The van der Waals surface area contributed by atoms with Gasteiger partial charge in [0.05, 0.1) is 20.2 Å². The maximum absolute atomic E-state index is 12.7. The third-order valence-electron chi connectivity index (χ3n) is 4.08. The molecule has 0 spiro atoms. The monoisotopic (exact) mass is 334 g/mol. The molecule has 0 bridgehead atoms. The molecule has 0 unspecified atom stereocenters. The number of benzene rings is 1. The average molecular weight is 334 g/mol. The van der Waals surface area contributed by atoms with Crippen LogP contribution in [0.2, 0.25) is 0 Å². The van der Waals surface area contributed by atoms with Crippen LogP contribution in [0.1, 0.15) is 31.7 Å². The highest BCUT2D eigenvalue weighted by atomic mass is 16.5. The molecule has 1 aromatic carbocycles. The minimum absolute atomic E-state index is 0.00279. The second kappa shape index (κ2) is 8.68. The molecule has 1 amide bonds. The number of rotatable bonds is 10. The van der Waals surface area contributed by atoms with Gasteiger partial charge in [-0.05, 0) is 43.5 Å². The van der Waals surface area contributed by atoms with E-state index in [0.717, 1.165) is 30.6 Å². The van der Waals surface area contributed by atoms with Gasteiger partial charge in [0.2, 0.25) is 5.91 Å². The Morgan fingerprint density at radius 1 is 1.21 bits per heavy atom. The first kappa shape index (κ1) is 18.3. The van der Waals surface area contributed by atoms with Crippen LogP contribution < -0.4 is 4.74 Å². The van der Waals surface area contributed by atoms with Crippen LogP contribution in [0.25, 0.3) is 0 Å². The molecule has 1 aliphatic rings. The van der Waals surface area contributed by atoms with Gasteiger partial charge in [-0.25, -0.2) is 0 Å². The predicted octanol–water partition coefficient (Wildman–Crippen LogP) is 1.98. The van der Waals surface area contributed by atoms with Crippen molar-refractivity contribution >= 4 is 11.9 Å². The largest absolute Gasteiger partial charge is 0.497 e. The van der Waals surface area contributed by atoms with Gasteiger partial charge in [-0.2, -0.15) is 0 Å². The number of aliphatic carboxylic acids is 1. The summed E-state index contributed by atoms with van der Waals surface area (Å²) in [6.45, 7) is 3.21.